The number of ether oxygens (including phenoxy) is 1. The maximum Gasteiger partial charge on any atom is 0.126 e. The van der Waals surface area contributed by atoms with Crippen molar-refractivity contribution in [2.24, 2.45) is 0 Å². The molecule has 0 aliphatic rings. The second-order valence-electron chi connectivity index (χ2n) is 3.37. The van der Waals surface area contributed by atoms with Crippen LogP contribution in [0.4, 0.5) is 4.39 Å². The molecule has 0 spiro atoms. The first-order valence-corrected chi connectivity index (χ1v) is 5.21. The summed E-state index contributed by atoms with van der Waals surface area (Å²) in [4.78, 5) is 0. The summed E-state index contributed by atoms with van der Waals surface area (Å²) in [6.07, 6.45) is 4.70. The standard InChI is InChI=1S/C12H17FO/c1-2-3-4-5-9-14-12-8-6-7-11(13)10-12/h6-8,10H,2-5,9H2,1H3. The van der Waals surface area contributed by atoms with Gasteiger partial charge in [0.05, 0.1) is 6.61 Å². The zero-order valence-corrected chi connectivity index (χ0v) is 8.63. The van der Waals surface area contributed by atoms with E-state index in [2.05, 4.69) is 6.92 Å². The van der Waals surface area contributed by atoms with Crippen molar-refractivity contribution in [2.75, 3.05) is 6.61 Å². The molecule has 78 valence electrons. The molecule has 14 heavy (non-hydrogen) atoms. The molecule has 0 N–H and O–H groups in total. The Labute approximate surface area is 84.9 Å². The number of hydrogen-bond donors (Lipinski definition) is 0. The van der Waals surface area contributed by atoms with Crippen LogP contribution in [0.15, 0.2) is 24.3 Å². The monoisotopic (exact) mass is 196 g/mol. The van der Waals surface area contributed by atoms with Gasteiger partial charge in [0.1, 0.15) is 11.6 Å². The summed E-state index contributed by atoms with van der Waals surface area (Å²) >= 11 is 0. The van der Waals surface area contributed by atoms with E-state index >= 15 is 0 Å². The van der Waals surface area contributed by atoms with E-state index in [-0.39, 0.29) is 5.82 Å². The van der Waals surface area contributed by atoms with Crippen molar-refractivity contribution in [3.63, 3.8) is 0 Å². The van der Waals surface area contributed by atoms with Crippen molar-refractivity contribution in [2.45, 2.75) is 32.6 Å². The quantitative estimate of drug-likeness (QED) is 0.629. The Morgan fingerprint density at radius 2 is 2.07 bits per heavy atom. The molecule has 0 heterocycles. The molecule has 0 fully saturated rings. The van der Waals surface area contributed by atoms with E-state index < -0.39 is 0 Å². The van der Waals surface area contributed by atoms with Gasteiger partial charge in [-0.1, -0.05) is 32.3 Å². The third kappa shape index (κ3) is 4.26. The lowest BCUT2D eigenvalue weighted by molar-refractivity contribution is 0.303. The fourth-order valence-electron chi connectivity index (χ4n) is 1.28. The van der Waals surface area contributed by atoms with Gasteiger partial charge in [0.2, 0.25) is 0 Å². The zero-order valence-electron chi connectivity index (χ0n) is 8.63. The molecule has 0 aromatic heterocycles. The van der Waals surface area contributed by atoms with Crippen LogP contribution in [-0.2, 0) is 0 Å². The summed E-state index contributed by atoms with van der Waals surface area (Å²) in [6, 6.07) is 6.28. The largest absolute Gasteiger partial charge is 0.493 e. The maximum atomic E-state index is 12.7. The molecule has 0 unspecified atom stereocenters. The zero-order chi connectivity index (χ0) is 10.2. The summed E-state index contributed by atoms with van der Waals surface area (Å²) in [5, 5.41) is 0. The molecule has 1 aromatic rings. The topological polar surface area (TPSA) is 9.23 Å². The first-order valence-electron chi connectivity index (χ1n) is 5.21. The first-order chi connectivity index (χ1) is 6.83. The van der Waals surface area contributed by atoms with Gasteiger partial charge in [0.15, 0.2) is 0 Å². The summed E-state index contributed by atoms with van der Waals surface area (Å²) in [6.45, 7) is 2.86. The number of unbranched alkanes of at least 4 members (excludes halogenated alkanes) is 3. The van der Waals surface area contributed by atoms with E-state index in [1.165, 1.54) is 31.4 Å². The van der Waals surface area contributed by atoms with Crippen LogP contribution in [0.5, 0.6) is 5.75 Å². The van der Waals surface area contributed by atoms with Gasteiger partial charge >= 0.3 is 0 Å². The summed E-state index contributed by atoms with van der Waals surface area (Å²) < 4.78 is 18.1. The van der Waals surface area contributed by atoms with Gasteiger partial charge in [0.25, 0.3) is 0 Å². The first kappa shape index (κ1) is 11.0. The minimum Gasteiger partial charge on any atom is -0.493 e. The highest BCUT2D eigenvalue weighted by atomic mass is 19.1. The molecule has 0 aliphatic heterocycles. The van der Waals surface area contributed by atoms with E-state index in [9.17, 15) is 4.39 Å². The third-order valence-electron chi connectivity index (χ3n) is 2.06. The number of rotatable bonds is 6. The summed E-state index contributed by atoms with van der Waals surface area (Å²) in [5.74, 6) is 0.387. The fraction of sp³-hybridized carbons (Fsp3) is 0.500. The van der Waals surface area contributed by atoms with Gasteiger partial charge in [-0.25, -0.2) is 4.39 Å². The Balaban J connectivity index is 2.18. The molecule has 1 aromatic carbocycles. The summed E-state index contributed by atoms with van der Waals surface area (Å²) in [7, 11) is 0. The lowest BCUT2D eigenvalue weighted by atomic mass is 10.2. The van der Waals surface area contributed by atoms with E-state index in [4.69, 9.17) is 4.74 Å². The van der Waals surface area contributed by atoms with E-state index in [1.54, 1.807) is 12.1 Å². The van der Waals surface area contributed by atoms with E-state index in [1.807, 2.05) is 0 Å². The molecule has 0 radical (unpaired) electrons. The van der Waals surface area contributed by atoms with Gasteiger partial charge in [-0.05, 0) is 18.6 Å². The molecule has 0 saturated heterocycles. The number of halogens is 1. The predicted octanol–water partition coefficient (Wildman–Crippen LogP) is 3.78. The van der Waals surface area contributed by atoms with Gasteiger partial charge in [0, 0.05) is 6.07 Å². The smallest absolute Gasteiger partial charge is 0.126 e. The Morgan fingerprint density at radius 1 is 1.21 bits per heavy atom. The Kier molecular flexibility index (Phi) is 5.05. The minimum atomic E-state index is -0.240. The molecule has 1 nitrogen and oxygen atoms in total. The molecule has 1 rings (SSSR count). The fourth-order valence-corrected chi connectivity index (χ4v) is 1.28. The highest BCUT2D eigenvalue weighted by molar-refractivity contribution is 5.22. The van der Waals surface area contributed by atoms with Crippen molar-refractivity contribution in [1.82, 2.24) is 0 Å². The van der Waals surface area contributed by atoms with Gasteiger partial charge < -0.3 is 4.74 Å². The van der Waals surface area contributed by atoms with Crippen LogP contribution in [0.2, 0.25) is 0 Å². The van der Waals surface area contributed by atoms with Crippen molar-refractivity contribution < 1.29 is 9.13 Å². The van der Waals surface area contributed by atoms with Crippen molar-refractivity contribution in [3.05, 3.63) is 30.1 Å². The minimum absolute atomic E-state index is 0.240. The number of hydrogen-bond acceptors (Lipinski definition) is 1. The third-order valence-corrected chi connectivity index (χ3v) is 2.06. The highest BCUT2D eigenvalue weighted by Crippen LogP contribution is 2.12. The van der Waals surface area contributed by atoms with E-state index in [0.29, 0.717) is 12.4 Å². The Bertz CT molecular complexity index is 260. The average molecular weight is 196 g/mol. The second kappa shape index (κ2) is 6.41. The molecule has 0 aliphatic carbocycles. The number of benzene rings is 1. The Morgan fingerprint density at radius 3 is 2.79 bits per heavy atom. The molecule has 2 heteroatoms. The Hall–Kier alpha value is -1.05. The van der Waals surface area contributed by atoms with Gasteiger partial charge in [-0.3, -0.25) is 0 Å². The summed E-state index contributed by atoms with van der Waals surface area (Å²) in [5.41, 5.74) is 0. The molecule has 0 amide bonds. The van der Waals surface area contributed by atoms with Crippen LogP contribution in [0.25, 0.3) is 0 Å². The molecular formula is C12H17FO. The van der Waals surface area contributed by atoms with Crippen LogP contribution in [-0.4, -0.2) is 6.61 Å². The molecule has 0 atom stereocenters. The van der Waals surface area contributed by atoms with Crippen molar-refractivity contribution in [1.29, 1.82) is 0 Å². The SMILES string of the molecule is CCCCCCOc1cccc(F)c1. The highest BCUT2D eigenvalue weighted by Gasteiger charge is 1.95. The predicted molar refractivity (Wildman–Crippen MR) is 56.0 cm³/mol. The van der Waals surface area contributed by atoms with Crippen LogP contribution < -0.4 is 4.74 Å². The van der Waals surface area contributed by atoms with Gasteiger partial charge in [-0.2, -0.15) is 0 Å². The normalized spacial score (nSPS) is 10.1. The molecular weight excluding hydrogens is 179 g/mol. The van der Waals surface area contributed by atoms with Gasteiger partial charge in [-0.15, -0.1) is 0 Å². The lowest BCUT2D eigenvalue weighted by Gasteiger charge is -2.05. The van der Waals surface area contributed by atoms with Crippen LogP contribution in [0.1, 0.15) is 32.6 Å². The average Bonchev–Trinajstić information content (AvgIpc) is 2.18. The maximum absolute atomic E-state index is 12.7. The molecule has 0 bridgehead atoms. The second-order valence-corrected chi connectivity index (χ2v) is 3.37. The van der Waals surface area contributed by atoms with E-state index in [0.717, 1.165) is 6.42 Å². The van der Waals surface area contributed by atoms with Crippen LogP contribution >= 0.6 is 0 Å². The lowest BCUT2D eigenvalue weighted by Crippen LogP contribution is -1.97. The molecule has 0 saturated carbocycles. The van der Waals surface area contributed by atoms with Crippen LogP contribution in [0, 0.1) is 5.82 Å². The van der Waals surface area contributed by atoms with Crippen molar-refractivity contribution >= 4 is 0 Å². The van der Waals surface area contributed by atoms with Crippen LogP contribution in [0.3, 0.4) is 0 Å². The van der Waals surface area contributed by atoms with Crippen molar-refractivity contribution in [3.8, 4) is 5.75 Å².